The smallest absolute Gasteiger partial charge is 0.149 e. The summed E-state index contributed by atoms with van der Waals surface area (Å²) in [4.78, 5) is 0. The molecule has 0 saturated heterocycles. The molecule has 2 aromatic carbocycles. The van der Waals surface area contributed by atoms with Crippen molar-refractivity contribution >= 4 is 106 Å². The summed E-state index contributed by atoms with van der Waals surface area (Å²) in [6.07, 6.45) is 0. The van der Waals surface area contributed by atoms with Crippen LogP contribution in [0.1, 0.15) is 0 Å². The molecule has 3 heterocycles. The summed E-state index contributed by atoms with van der Waals surface area (Å²) in [5.74, 6) is 0. The van der Waals surface area contributed by atoms with Crippen LogP contribution in [0.25, 0.3) is 20.2 Å². The molecule has 0 amide bonds. The van der Waals surface area contributed by atoms with Gasteiger partial charge in [-0.05, 0) is 43.4 Å². The number of halogens is 2. The molecule has 0 nitrogen and oxygen atoms in total. The van der Waals surface area contributed by atoms with Crippen LogP contribution < -0.4 is 20.5 Å². The van der Waals surface area contributed by atoms with Crippen LogP contribution in [0.3, 0.4) is 0 Å². The molecular weight excluding hydrogens is 438 g/mol. The van der Waals surface area contributed by atoms with E-state index in [-0.39, 0.29) is 5.54 Å². The SMILES string of the molecule is BrB1c2sc3ccccc3c2B(Br)c2c1sc1ccccc21. The normalized spacial score (nSPS) is 13.7. The predicted octanol–water partition coefficient (Wildman–Crippen LogP) is 3.43. The summed E-state index contributed by atoms with van der Waals surface area (Å²) in [7, 11) is 0. The van der Waals surface area contributed by atoms with Crippen molar-refractivity contribution in [3.63, 3.8) is 0 Å². The number of fused-ring (bicyclic) bond motifs is 6. The second kappa shape index (κ2) is 4.97. The molecule has 5 rings (SSSR count). The van der Waals surface area contributed by atoms with Gasteiger partial charge in [-0.1, -0.05) is 36.4 Å². The lowest BCUT2D eigenvalue weighted by atomic mass is 9.48. The van der Waals surface area contributed by atoms with Crippen LogP contribution in [0.2, 0.25) is 0 Å². The maximum Gasteiger partial charge on any atom is 0.307 e. The molecule has 2 aromatic heterocycles. The van der Waals surface area contributed by atoms with Gasteiger partial charge in [0.1, 0.15) is 0 Å². The molecule has 0 radical (unpaired) electrons. The van der Waals surface area contributed by atoms with Crippen LogP contribution in [-0.4, -0.2) is 11.1 Å². The Hall–Kier alpha value is -0.550. The number of thiophene rings is 2. The van der Waals surface area contributed by atoms with Gasteiger partial charge in [0.2, 0.25) is 0 Å². The molecule has 0 bridgehead atoms. The van der Waals surface area contributed by atoms with Gasteiger partial charge in [0.25, 0.3) is 5.54 Å². The maximum atomic E-state index is 4.01. The lowest BCUT2D eigenvalue weighted by molar-refractivity contribution is 1.86. The van der Waals surface area contributed by atoms with Gasteiger partial charge in [-0.25, -0.2) is 0 Å². The average Bonchev–Trinajstić information content (AvgIpc) is 3.12. The van der Waals surface area contributed by atoms with E-state index in [1.165, 1.54) is 40.7 Å². The van der Waals surface area contributed by atoms with Crippen molar-refractivity contribution in [2.24, 2.45) is 0 Å². The average molecular weight is 446 g/mol. The van der Waals surface area contributed by atoms with Crippen molar-refractivity contribution in [3.8, 4) is 0 Å². The first-order valence-electron chi connectivity index (χ1n) is 7.06. The summed E-state index contributed by atoms with van der Waals surface area (Å²) >= 11 is 11.8. The van der Waals surface area contributed by atoms with E-state index < -0.39 is 0 Å². The molecule has 0 saturated carbocycles. The van der Waals surface area contributed by atoms with Gasteiger partial charge in [-0.15, -0.1) is 54.2 Å². The first-order valence-corrected chi connectivity index (χ1v) is 10.5. The topological polar surface area (TPSA) is 0 Å². The number of benzene rings is 2. The fraction of sp³-hybridized carbons (Fsp3) is 0. The van der Waals surface area contributed by atoms with Gasteiger partial charge in [0.15, 0.2) is 0 Å². The Morgan fingerprint density at radius 2 is 1.09 bits per heavy atom. The van der Waals surface area contributed by atoms with Gasteiger partial charge >= 0.3 is 5.54 Å². The van der Waals surface area contributed by atoms with Crippen molar-refractivity contribution < 1.29 is 0 Å². The zero-order valence-corrected chi connectivity index (χ0v) is 16.2. The summed E-state index contributed by atoms with van der Waals surface area (Å²) in [5.41, 5.74) is 3.47. The standard InChI is InChI=1S/C16H8B2Br2S2/c19-17-13-9-5-1-3-7-11(9)21-15(13)18(20)16-14(17)10-6-2-4-8-12(10)22-16/h1-8H. The highest BCUT2D eigenvalue weighted by Gasteiger charge is 2.39. The molecule has 0 aliphatic carbocycles. The zero-order chi connectivity index (χ0) is 14.8. The highest BCUT2D eigenvalue weighted by atomic mass is 79.9. The third-order valence-electron chi connectivity index (χ3n) is 4.29. The first-order chi connectivity index (χ1) is 10.8. The molecule has 0 spiro atoms. The van der Waals surface area contributed by atoms with E-state index in [4.69, 9.17) is 0 Å². The predicted molar refractivity (Wildman–Crippen MR) is 112 cm³/mol. The molecule has 0 atom stereocenters. The lowest BCUT2D eigenvalue weighted by Crippen LogP contribution is -2.62. The molecule has 104 valence electrons. The molecule has 6 heteroatoms. The Bertz CT molecular complexity index is 955. The van der Waals surface area contributed by atoms with Gasteiger partial charge in [-0.3, -0.25) is 0 Å². The zero-order valence-electron chi connectivity index (χ0n) is 11.3. The third kappa shape index (κ3) is 1.75. The highest BCUT2D eigenvalue weighted by molar-refractivity contribution is 9.26. The van der Waals surface area contributed by atoms with E-state index >= 15 is 0 Å². The Morgan fingerprint density at radius 3 is 1.59 bits per heavy atom. The van der Waals surface area contributed by atoms with Crippen LogP contribution in [0, 0.1) is 0 Å². The van der Waals surface area contributed by atoms with Crippen molar-refractivity contribution in [2.75, 3.05) is 0 Å². The summed E-state index contributed by atoms with van der Waals surface area (Å²) in [5, 5.41) is 2.77. The van der Waals surface area contributed by atoms with Gasteiger partial charge in [0.05, 0.1) is 0 Å². The Kier molecular flexibility index (Phi) is 3.13. The van der Waals surface area contributed by atoms with Crippen LogP contribution in [-0.2, 0) is 0 Å². The van der Waals surface area contributed by atoms with Gasteiger partial charge in [0, 0.05) is 9.40 Å². The largest absolute Gasteiger partial charge is 0.307 e. The van der Waals surface area contributed by atoms with E-state index in [2.05, 4.69) is 80.0 Å². The Balaban J connectivity index is 1.89. The third-order valence-corrected chi connectivity index (χ3v) is 9.23. The quantitative estimate of drug-likeness (QED) is 0.364. The molecule has 0 unspecified atom stereocenters. The second-order valence-electron chi connectivity index (χ2n) is 5.48. The summed E-state index contributed by atoms with van der Waals surface area (Å²) < 4.78 is 5.64. The van der Waals surface area contributed by atoms with Crippen LogP contribution in [0.5, 0.6) is 0 Å². The summed E-state index contributed by atoms with van der Waals surface area (Å²) in [6, 6.07) is 17.5. The van der Waals surface area contributed by atoms with Crippen LogP contribution in [0.15, 0.2) is 48.5 Å². The van der Waals surface area contributed by atoms with E-state index in [1.807, 2.05) is 22.7 Å². The molecule has 22 heavy (non-hydrogen) atoms. The Labute approximate surface area is 153 Å². The van der Waals surface area contributed by atoms with E-state index in [9.17, 15) is 0 Å². The second-order valence-corrected chi connectivity index (χ2v) is 9.48. The van der Waals surface area contributed by atoms with Crippen LogP contribution in [0.4, 0.5) is 0 Å². The van der Waals surface area contributed by atoms with Gasteiger partial charge in [-0.2, -0.15) is 0 Å². The maximum absolute atomic E-state index is 4.01. The van der Waals surface area contributed by atoms with E-state index in [0.29, 0.717) is 5.54 Å². The number of rotatable bonds is 0. The number of hydrogen-bond donors (Lipinski definition) is 0. The summed E-state index contributed by atoms with van der Waals surface area (Å²) in [6.45, 7) is 0. The van der Waals surface area contributed by atoms with Crippen LogP contribution >= 0.6 is 54.2 Å². The van der Waals surface area contributed by atoms with E-state index in [1.54, 1.807) is 0 Å². The molecule has 1 aliphatic heterocycles. The number of hydrogen-bond acceptors (Lipinski definition) is 2. The van der Waals surface area contributed by atoms with Gasteiger partial charge < -0.3 is 0 Å². The minimum atomic E-state index is 0.276. The fourth-order valence-corrected chi connectivity index (χ4v) is 8.21. The van der Waals surface area contributed by atoms with Crippen molar-refractivity contribution in [1.82, 2.24) is 0 Å². The lowest BCUT2D eigenvalue weighted by Gasteiger charge is -2.19. The molecule has 4 aromatic rings. The molecule has 0 fully saturated rings. The van der Waals surface area contributed by atoms with Crippen molar-refractivity contribution in [3.05, 3.63) is 48.5 Å². The molecule has 0 N–H and O–H groups in total. The minimum absolute atomic E-state index is 0.276. The fourth-order valence-electron chi connectivity index (χ4n) is 3.33. The molecule has 1 aliphatic rings. The minimum Gasteiger partial charge on any atom is -0.149 e. The first kappa shape index (κ1) is 13.8. The molecular formula is C16H8B2Br2S2. The van der Waals surface area contributed by atoms with E-state index in [0.717, 1.165) is 0 Å². The Morgan fingerprint density at radius 1 is 0.636 bits per heavy atom. The van der Waals surface area contributed by atoms with Crippen molar-refractivity contribution in [2.45, 2.75) is 0 Å². The van der Waals surface area contributed by atoms with Crippen molar-refractivity contribution in [1.29, 1.82) is 0 Å². The highest BCUT2D eigenvalue weighted by Crippen LogP contribution is 2.27. The monoisotopic (exact) mass is 444 g/mol.